The van der Waals surface area contributed by atoms with Gasteiger partial charge in [0.25, 0.3) is 0 Å². The molecule has 0 bridgehead atoms. The van der Waals surface area contributed by atoms with E-state index < -0.39 is 0 Å². The highest BCUT2D eigenvalue weighted by Crippen LogP contribution is 2.33. The summed E-state index contributed by atoms with van der Waals surface area (Å²) in [5.74, 6) is 1.15. The number of fused-ring (bicyclic) bond motifs is 1. The molecular formula is C17H17Cl2N5O2. The fourth-order valence-electron chi connectivity index (χ4n) is 2.99. The summed E-state index contributed by atoms with van der Waals surface area (Å²) in [7, 11) is 1.60. The van der Waals surface area contributed by atoms with E-state index in [0.717, 1.165) is 25.9 Å². The van der Waals surface area contributed by atoms with E-state index >= 15 is 0 Å². The first-order valence-corrected chi connectivity index (χ1v) is 9.03. The third-order valence-corrected chi connectivity index (χ3v) is 4.79. The molecule has 9 heteroatoms. The molecular weight excluding hydrogens is 377 g/mol. The number of rotatable bonds is 4. The number of ether oxygens (including phenoxy) is 2. The summed E-state index contributed by atoms with van der Waals surface area (Å²) in [6, 6.07) is 5.31. The van der Waals surface area contributed by atoms with Crippen LogP contribution in [0.25, 0.3) is 11.2 Å². The molecule has 3 heterocycles. The van der Waals surface area contributed by atoms with Crippen molar-refractivity contribution in [2.45, 2.75) is 25.5 Å². The number of aromatic nitrogens is 4. The van der Waals surface area contributed by atoms with Crippen LogP contribution in [0.2, 0.25) is 10.3 Å². The summed E-state index contributed by atoms with van der Waals surface area (Å²) < 4.78 is 13.0. The van der Waals surface area contributed by atoms with Gasteiger partial charge in [-0.1, -0.05) is 11.6 Å². The zero-order chi connectivity index (χ0) is 18.1. The fraction of sp³-hybridized carbons (Fsp3) is 0.353. The smallest absolute Gasteiger partial charge is 0.226 e. The van der Waals surface area contributed by atoms with Gasteiger partial charge >= 0.3 is 0 Å². The second-order valence-electron chi connectivity index (χ2n) is 5.96. The van der Waals surface area contributed by atoms with E-state index in [-0.39, 0.29) is 11.5 Å². The van der Waals surface area contributed by atoms with Crippen LogP contribution in [0, 0.1) is 0 Å². The van der Waals surface area contributed by atoms with Crippen LogP contribution in [0.15, 0.2) is 24.5 Å². The minimum absolute atomic E-state index is 0.0898. The summed E-state index contributed by atoms with van der Waals surface area (Å²) in [4.78, 5) is 13.1. The van der Waals surface area contributed by atoms with Crippen LogP contribution in [-0.2, 0) is 4.74 Å². The average Bonchev–Trinajstić information content (AvgIpc) is 3.08. The molecule has 136 valence electrons. The Morgan fingerprint density at radius 3 is 2.92 bits per heavy atom. The predicted octanol–water partition coefficient (Wildman–Crippen LogP) is 4.58. The molecule has 0 amide bonds. The van der Waals surface area contributed by atoms with Crippen LogP contribution in [-0.4, -0.2) is 33.2 Å². The molecule has 1 fully saturated rings. The van der Waals surface area contributed by atoms with Gasteiger partial charge in [0, 0.05) is 12.7 Å². The molecule has 1 aliphatic rings. The van der Waals surface area contributed by atoms with E-state index in [9.17, 15) is 0 Å². The van der Waals surface area contributed by atoms with E-state index in [4.69, 9.17) is 32.7 Å². The topological polar surface area (TPSA) is 74.1 Å². The van der Waals surface area contributed by atoms with Gasteiger partial charge in [0.1, 0.15) is 12.0 Å². The summed E-state index contributed by atoms with van der Waals surface area (Å²) in [5, 5.41) is 3.84. The molecule has 1 atom stereocenters. The molecule has 0 radical (unpaired) electrons. The number of nitrogens with zero attached hydrogens (tertiary/aromatic N) is 4. The molecule has 2 aromatic heterocycles. The zero-order valence-electron chi connectivity index (χ0n) is 14.1. The lowest BCUT2D eigenvalue weighted by molar-refractivity contribution is -0.0298. The van der Waals surface area contributed by atoms with E-state index in [0.29, 0.717) is 33.4 Å². The molecule has 4 rings (SSSR count). The Morgan fingerprint density at radius 2 is 2.15 bits per heavy atom. The first kappa shape index (κ1) is 17.3. The zero-order valence-corrected chi connectivity index (χ0v) is 15.6. The van der Waals surface area contributed by atoms with Crippen molar-refractivity contribution >= 4 is 45.9 Å². The number of hydrogen-bond acceptors (Lipinski definition) is 6. The number of halogens is 2. The van der Waals surface area contributed by atoms with Crippen molar-refractivity contribution < 1.29 is 9.47 Å². The molecule has 0 spiro atoms. The fourth-order valence-corrected chi connectivity index (χ4v) is 3.32. The highest BCUT2D eigenvalue weighted by Gasteiger charge is 2.21. The number of anilines is 2. The largest absolute Gasteiger partial charge is 0.497 e. The molecule has 26 heavy (non-hydrogen) atoms. The van der Waals surface area contributed by atoms with Crippen molar-refractivity contribution in [3.8, 4) is 5.75 Å². The molecule has 1 aliphatic heterocycles. The van der Waals surface area contributed by atoms with Gasteiger partial charge in [-0.3, -0.25) is 4.57 Å². The van der Waals surface area contributed by atoms with Crippen molar-refractivity contribution in [1.82, 2.24) is 19.5 Å². The van der Waals surface area contributed by atoms with Crippen LogP contribution in [0.4, 0.5) is 11.5 Å². The number of nitrogens with one attached hydrogen (secondary N) is 1. The summed E-state index contributed by atoms with van der Waals surface area (Å²) in [6.45, 7) is 0.730. The maximum atomic E-state index is 6.28. The summed E-state index contributed by atoms with van der Waals surface area (Å²) >= 11 is 12.4. The number of benzene rings is 1. The molecule has 3 aromatic rings. The first-order chi connectivity index (χ1) is 12.7. The summed E-state index contributed by atoms with van der Waals surface area (Å²) in [5.41, 5.74) is 1.87. The van der Waals surface area contributed by atoms with Crippen molar-refractivity contribution in [2.75, 3.05) is 19.0 Å². The molecule has 7 nitrogen and oxygen atoms in total. The Kier molecular flexibility index (Phi) is 4.84. The van der Waals surface area contributed by atoms with E-state index in [2.05, 4.69) is 20.3 Å². The molecule has 1 aromatic carbocycles. The van der Waals surface area contributed by atoms with Gasteiger partial charge in [0.05, 0.1) is 24.1 Å². The molecule has 1 saturated heterocycles. The maximum Gasteiger partial charge on any atom is 0.226 e. The monoisotopic (exact) mass is 393 g/mol. The lowest BCUT2D eigenvalue weighted by Crippen LogP contribution is -2.17. The molecule has 1 unspecified atom stereocenters. The van der Waals surface area contributed by atoms with Gasteiger partial charge in [-0.15, -0.1) is 0 Å². The van der Waals surface area contributed by atoms with Crippen LogP contribution >= 0.6 is 23.2 Å². The summed E-state index contributed by atoms with van der Waals surface area (Å²) in [6.07, 6.45) is 4.71. The minimum Gasteiger partial charge on any atom is -0.497 e. The van der Waals surface area contributed by atoms with Crippen LogP contribution < -0.4 is 10.1 Å². The molecule has 1 N–H and O–H groups in total. The van der Waals surface area contributed by atoms with Gasteiger partial charge < -0.3 is 14.8 Å². The van der Waals surface area contributed by atoms with Gasteiger partial charge in [0.2, 0.25) is 5.28 Å². The van der Waals surface area contributed by atoms with Gasteiger partial charge in [-0.05, 0) is 43.0 Å². The van der Waals surface area contributed by atoms with Crippen LogP contribution in [0.3, 0.4) is 0 Å². The van der Waals surface area contributed by atoms with Crippen molar-refractivity contribution in [3.05, 3.63) is 34.8 Å². The number of hydrogen-bond donors (Lipinski definition) is 1. The Bertz CT molecular complexity index is 940. The van der Waals surface area contributed by atoms with Crippen molar-refractivity contribution in [3.63, 3.8) is 0 Å². The third kappa shape index (κ3) is 3.30. The van der Waals surface area contributed by atoms with Crippen LogP contribution in [0.5, 0.6) is 5.75 Å². The highest BCUT2D eigenvalue weighted by atomic mass is 35.5. The van der Waals surface area contributed by atoms with E-state index in [1.807, 2.05) is 4.57 Å². The minimum atomic E-state index is -0.0898. The quantitative estimate of drug-likeness (QED) is 0.653. The van der Waals surface area contributed by atoms with Crippen LogP contribution in [0.1, 0.15) is 25.5 Å². The normalized spacial score (nSPS) is 17.4. The predicted molar refractivity (Wildman–Crippen MR) is 100 cm³/mol. The third-order valence-electron chi connectivity index (χ3n) is 4.29. The Hall–Kier alpha value is -2.09. The molecule has 0 saturated carbocycles. The van der Waals surface area contributed by atoms with E-state index in [1.165, 1.54) is 0 Å². The Labute approximate surface area is 160 Å². The van der Waals surface area contributed by atoms with Gasteiger partial charge in [-0.2, -0.15) is 9.97 Å². The van der Waals surface area contributed by atoms with Gasteiger partial charge in [0.15, 0.2) is 17.0 Å². The molecule has 0 aliphatic carbocycles. The van der Waals surface area contributed by atoms with Gasteiger partial charge in [-0.25, -0.2) is 4.98 Å². The SMILES string of the molecule is COc1ccc(Cl)c(Nc2nc(Cl)nc3c2ncn3C2CCCCO2)c1. The average molecular weight is 394 g/mol. The lowest BCUT2D eigenvalue weighted by Gasteiger charge is -2.23. The van der Waals surface area contributed by atoms with Crippen molar-refractivity contribution in [1.29, 1.82) is 0 Å². The highest BCUT2D eigenvalue weighted by molar-refractivity contribution is 6.33. The second-order valence-corrected chi connectivity index (χ2v) is 6.70. The number of methoxy groups -OCH3 is 1. The van der Waals surface area contributed by atoms with E-state index in [1.54, 1.807) is 31.6 Å². The van der Waals surface area contributed by atoms with Crippen molar-refractivity contribution in [2.24, 2.45) is 0 Å². The lowest BCUT2D eigenvalue weighted by atomic mass is 10.2. The first-order valence-electron chi connectivity index (χ1n) is 8.28. The number of imidazole rings is 1. The Morgan fingerprint density at radius 1 is 1.27 bits per heavy atom. The second kappa shape index (κ2) is 7.26. The standard InChI is InChI=1S/C17H17Cl2N5O2/c1-25-10-5-6-11(18)12(8-10)21-15-14-16(23-17(19)22-15)24(9-20-14)13-4-2-3-7-26-13/h5-6,8-9,13H,2-4,7H2,1H3,(H,21,22,23). The Balaban J connectivity index is 1.75. The maximum absolute atomic E-state index is 6.28.